The van der Waals surface area contributed by atoms with Gasteiger partial charge in [0.05, 0.1) is 0 Å². The van der Waals surface area contributed by atoms with Gasteiger partial charge < -0.3 is 15.5 Å². The highest BCUT2D eigenvalue weighted by Gasteiger charge is 2.24. The molecule has 2 atom stereocenters. The number of hydrogen-bond donors (Lipinski definition) is 2. The van der Waals surface area contributed by atoms with Gasteiger partial charge in [0.15, 0.2) is 0 Å². The highest BCUT2D eigenvalue weighted by molar-refractivity contribution is 5.73. The predicted octanol–water partition coefficient (Wildman–Crippen LogP) is -0.134. The molecule has 1 rings (SSSR count). The predicted molar refractivity (Wildman–Crippen MR) is 48.0 cm³/mol. The first-order chi connectivity index (χ1) is 5.61. The Balaban J connectivity index is 2.35. The van der Waals surface area contributed by atoms with Crippen LogP contribution in [-0.2, 0) is 0 Å². The molecule has 1 aliphatic rings. The molecule has 0 aromatic heterocycles. The fourth-order valence-electron chi connectivity index (χ4n) is 1.29. The molecule has 1 heterocycles. The summed E-state index contributed by atoms with van der Waals surface area (Å²) in [5, 5.41) is 6.19. The van der Waals surface area contributed by atoms with Gasteiger partial charge in [0.1, 0.15) is 0 Å². The Kier molecular flexibility index (Phi) is 2.92. The van der Waals surface area contributed by atoms with Crippen LogP contribution in [0.2, 0.25) is 0 Å². The zero-order valence-corrected chi connectivity index (χ0v) is 7.92. The van der Waals surface area contributed by atoms with Crippen molar-refractivity contribution < 1.29 is 4.79 Å². The number of amides is 2. The highest BCUT2D eigenvalue weighted by Crippen LogP contribution is 2.07. The maximum atomic E-state index is 11.2. The first-order valence-electron chi connectivity index (χ1n) is 4.30. The average molecular weight is 171 g/mol. The quantitative estimate of drug-likeness (QED) is 0.577. The Morgan fingerprint density at radius 3 is 2.58 bits per heavy atom. The molecule has 0 aromatic carbocycles. The van der Waals surface area contributed by atoms with Crippen LogP contribution in [0.4, 0.5) is 4.79 Å². The smallest absolute Gasteiger partial charge is 0.317 e. The van der Waals surface area contributed by atoms with Gasteiger partial charge in [-0.05, 0) is 12.5 Å². The maximum Gasteiger partial charge on any atom is 0.317 e. The van der Waals surface area contributed by atoms with Crippen molar-refractivity contribution in [3.05, 3.63) is 0 Å². The molecule has 1 aliphatic heterocycles. The summed E-state index contributed by atoms with van der Waals surface area (Å²) in [6.45, 7) is 4.03. The van der Waals surface area contributed by atoms with Crippen molar-refractivity contribution in [2.45, 2.75) is 13.0 Å². The van der Waals surface area contributed by atoms with E-state index in [1.807, 2.05) is 0 Å². The second-order valence-electron chi connectivity index (χ2n) is 3.59. The molecule has 1 saturated heterocycles. The lowest BCUT2D eigenvalue weighted by atomic mass is 10.1. The largest absolute Gasteiger partial charge is 0.334 e. The SMILES string of the molecule is CC1CNCC1NC(=O)N(C)C. The normalized spacial score (nSPS) is 28.6. The van der Waals surface area contributed by atoms with E-state index in [4.69, 9.17) is 0 Å². The van der Waals surface area contributed by atoms with E-state index < -0.39 is 0 Å². The molecule has 70 valence electrons. The number of carbonyl (C=O) groups excluding carboxylic acids is 1. The van der Waals surface area contributed by atoms with E-state index in [2.05, 4.69) is 17.6 Å². The molecule has 0 aliphatic carbocycles. The Morgan fingerprint density at radius 1 is 1.50 bits per heavy atom. The van der Waals surface area contributed by atoms with E-state index in [0.29, 0.717) is 12.0 Å². The molecule has 2 unspecified atom stereocenters. The lowest BCUT2D eigenvalue weighted by Gasteiger charge is -2.19. The summed E-state index contributed by atoms with van der Waals surface area (Å²) in [6, 6.07) is 0.287. The second kappa shape index (κ2) is 3.76. The maximum absolute atomic E-state index is 11.2. The van der Waals surface area contributed by atoms with Crippen LogP contribution in [0.15, 0.2) is 0 Å². The number of carbonyl (C=O) groups is 1. The van der Waals surface area contributed by atoms with E-state index in [-0.39, 0.29) is 6.03 Å². The third-order valence-corrected chi connectivity index (χ3v) is 2.23. The Hall–Kier alpha value is -0.770. The van der Waals surface area contributed by atoms with E-state index >= 15 is 0 Å². The summed E-state index contributed by atoms with van der Waals surface area (Å²) in [5.41, 5.74) is 0. The fraction of sp³-hybridized carbons (Fsp3) is 0.875. The summed E-state index contributed by atoms with van der Waals surface area (Å²) in [4.78, 5) is 12.8. The third-order valence-electron chi connectivity index (χ3n) is 2.23. The average Bonchev–Trinajstić information content (AvgIpc) is 2.36. The van der Waals surface area contributed by atoms with Crippen LogP contribution >= 0.6 is 0 Å². The van der Waals surface area contributed by atoms with Gasteiger partial charge in [-0.3, -0.25) is 0 Å². The summed E-state index contributed by atoms with van der Waals surface area (Å²) in [5.74, 6) is 0.536. The van der Waals surface area contributed by atoms with Gasteiger partial charge in [-0.2, -0.15) is 0 Å². The molecule has 0 radical (unpaired) electrons. The number of nitrogens with one attached hydrogen (secondary N) is 2. The molecular formula is C8H17N3O. The minimum absolute atomic E-state index is 0.00412. The van der Waals surface area contributed by atoms with Crippen molar-refractivity contribution in [3.63, 3.8) is 0 Å². The van der Waals surface area contributed by atoms with Crippen LogP contribution in [-0.4, -0.2) is 44.2 Å². The molecule has 4 heteroatoms. The van der Waals surface area contributed by atoms with Crippen molar-refractivity contribution in [2.24, 2.45) is 5.92 Å². The van der Waals surface area contributed by atoms with Crippen LogP contribution in [0, 0.1) is 5.92 Å². The zero-order chi connectivity index (χ0) is 9.14. The second-order valence-corrected chi connectivity index (χ2v) is 3.59. The summed E-state index contributed by atoms with van der Waals surface area (Å²) >= 11 is 0. The van der Waals surface area contributed by atoms with Gasteiger partial charge >= 0.3 is 6.03 Å². The van der Waals surface area contributed by atoms with Gasteiger partial charge in [0, 0.05) is 26.7 Å². The monoisotopic (exact) mass is 171 g/mol. The Morgan fingerprint density at radius 2 is 2.17 bits per heavy atom. The summed E-state index contributed by atoms with van der Waals surface area (Å²) in [6.07, 6.45) is 0. The van der Waals surface area contributed by atoms with Crippen molar-refractivity contribution in [2.75, 3.05) is 27.2 Å². The minimum Gasteiger partial charge on any atom is -0.334 e. The first-order valence-corrected chi connectivity index (χ1v) is 4.30. The molecule has 12 heavy (non-hydrogen) atoms. The number of nitrogens with zero attached hydrogens (tertiary/aromatic N) is 1. The van der Waals surface area contributed by atoms with Crippen molar-refractivity contribution >= 4 is 6.03 Å². The van der Waals surface area contributed by atoms with Crippen LogP contribution in [0.25, 0.3) is 0 Å². The first kappa shape index (κ1) is 9.32. The minimum atomic E-state index is -0.00412. The molecule has 1 fully saturated rings. The molecule has 4 nitrogen and oxygen atoms in total. The summed E-state index contributed by atoms with van der Waals surface area (Å²) in [7, 11) is 3.50. The van der Waals surface area contributed by atoms with Gasteiger partial charge in [-0.25, -0.2) is 4.79 Å². The van der Waals surface area contributed by atoms with Crippen LogP contribution < -0.4 is 10.6 Å². The number of urea groups is 1. The van der Waals surface area contributed by atoms with Crippen molar-refractivity contribution in [1.29, 1.82) is 0 Å². The molecule has 0 spiro atoms. The molecule has 0 bridgehead atoms. The molecule has 0 saturated carbocycles. The van der Waals surface area contributed by atoms with Crippen molar-refractivity contribution in [3.8, 4) is 0 Å². The molecule has 2 N–H and O–H groups in total. The molecule has 0 aromatic rings. The standard InChI is InChI=1S/C8H17N3O/c1-6-4-9-5-7(6)10-8(12)11(2)3/h6-7,9H,4-5H2,1-3H3,(H,10,12). The lowest BCUT2D eigenvalue weighted by molar-refractivity contribution is 0.211. The Bertz CT molecular complexity index is 170. The highest BCUT2D eigenvalue weighted by atomic mass is 16.2. The van der Waals surface area contributed by atoms with Crippen molar-refractivity contribution in [1.82, 2.24) is 15.5 Å². The number of hydrogen-bond acceptors (Lipinski definition) is 2. The number of rotatable bonds is 1. The fourth-order valence-corrected chi connectivity index (χ4v) is 1.29. The zero-order valence-electron chi connectivity index (χ0n) is 7.92. The lowest BCUT2D eigenvalue weighted by Crippen LogP contribution is -2.44. The molecular weight excluding hydrogens is 154 g/mol. The van der Waals surface area contributed by atoms with Crippen LogP contribution in [0.5, 0.6) is 0 Å². The van der Waals surface area contributed by atoms with E-state index in [9.17, 15) is 4.79 Å². The van der Waals surface area contributed by atoms with Crippen LogP contribution in [0.3, 0.4) is 0 Å². The third kappa shape index (κ3) is 2.11. The van der Waals surface area contributed by atoms with Gasteiger partial charge in [-0.15, -0.1) is 0 Å². The van der Waals surface area contributed by atoms with E-state index in [1.165, 1.54) is 0 Å². The van der Waals surface area contributed by atoms with E-state index in [0.717, 1.165) is 13.1 Å². The summed E-state index contributed by atoms with van der Waals surface area (Å²) < 4.78 is 0. The van der Waals surface area contributed by atoms with E-state index in [1.54, 1.807) is 19.0 Å². The molecule has 2 amide bonds. The topological polar surface area (TPSA) is 44.4 Å². The van der Waals surface area contributed by atoms with Gasteiger partial charge in [-0.1, -0.05) is 6.92 Å². The van der Waals surface area contributed by atoms with Crippen LogP contribution in [0.1, 0.15) is 6.92 Å². The van der Waals surface area contributed by atoms with Gasteiger partial charge in [0.2, 0.25) is 0 Å². The Labute approximate surface area is 73.3 Å². The van der Waals surface area contributed by atoms with Gasteiger partial charge in [0.25, 0.3) is 0 Å².